The predicted molar refractivity (Wildman–Crippen MR) is 113 cm³/mol. The molecule has 0 aliphatic heterocycles. The fraction of sp³-hybridized carbons (Fsp3) is 0.136. The van der Waals surface area contributed by atoms with Gasteiger partial charge in [-0.15, -0.1) is 0 Å². The Bertz CT molecular complexity index is 1280. The van der Waals surface area contributed by atoms with Gasteiger partial charge in [0.05, 0.1) is 16.6 Å². The molecule has 2 heterocycles. The van der Waals surface area contributed by atoms with E-state index in [1.807, 2.05) is 6.92 Å². The first-order chi connectivity index (χ1) is 14.8. The van der Waals surface area contributed by atoms with Gasteiger partial charge in [0, 0.05) is 29.1 Å². The van der Waals surface area contributed by atoms with Crippen LogP contribution in [0.25, 0.3) is 22.4 Å². The number of anilines is 1. The third-order valence-electron chi connectivity index (χ3n) is 5.06. The summed E-state index contributed by atoms with van der Waals surface area (Å²) in [6.45, 7) is 3.53. The van der Waals surface area contributed by atoms with Crippen molar-refractivity contribution in [1.82, 2.24) is 15.0 Å². The average molecular weight is 423 g/mol. The molecule has 9 heteroatoms. The summed E-state index contributed by atoms with van der Waals surface area (Å²) >= 11 is 0. The van der Waals surface area contributed by atoms with Crippen LogP contribution in [0.4, 0.5) is 14.5 Å². The van der Waals surface area contributed by atoms with Crippen LogP contribution in [0, 0.1) is 18.6 Å². The van der Waals surface area contributed by atoms with E-state index in [4.69, 9.17) is 5.73 Å². The molecule has 31 heavy (non-hydrogen) atoms. The van der Waals surface area contributed by atoms with Gasteiger partial charge in [0.15, 0.2) is 11.6 Å². The molecule has 5 N–H and O–H groups in total. The molecular weight excluding hydrogens is 404 g/mol. The van der Waals surface area contributed by atoms with E-state index in [0.29, 0.717) is 57.0 Å². The van der Waals surface area contributed by atoms with Crippen LogP contribution in [0.5, 0.6) is 0 Å². The largest absolute Gasteiger partial charge is 0.366 e. The van der Waals surface area contributed by atoms with Gasteiger partial charge in [-0.1, -0.05) is 6.92 Å². The summed E-state index contributed by atoms with van der Waals surface area (Å²) in [5, 5.41) is 2.78. The lowest BCUT2D eigenvalue weighted by Crippen LogP contribution is -2.16. The van der Waals surface area contributed by atoms with Gasteiger partial charge in [-0.05, 0) is 43.2 Å². The Labute approximate surface area is 175 Å². The maximum Gasteiger partial charge on any atom is 0.272 e. The molecule has 0 fully saturated rings. The average Bonchev–Trinajstić information content (AvgIpc) is 3.29. The number of benzene rings is 2. The third-order valence-corrected chi connectivity index (χ3v) is 5.06. The molecule has 0 aliphatic carbocycles. The van der Waals surface area contributed by atoms with Crippen LogP contribution in [0.1, 0.15) is 39.0 Å². The van der Waals surface area contributed by atoms with Crippen molar-refractivity contribution in [3.63, 3.8) is 0 Å². The van der Waals surface area contributed by atoms with E-state index in [2.05, 4.69) is 20.3 Å². The van der Waals surface area contributed by atoms with Crippen molar-refractivity contribution < 1.29 is 18.4 Å². The van der Waals surface area contributed by atoms with Gasteiger partial charge in [-0.25, -0.2) is 13.8 Å². The second kappa shape index (κ2) is 7.67. The number of fused-ring (bicyclic) bond motifs is 1. The number of amides is 2. The van der Waals surface area contributed by atoms with Crippen LogP contribution < -0.4 is 11.1 Å². The van der Waals surface area contributed by atoms with Crippen LogP contribution >= 0.6 is 0 Å². The van der Waals surface area contributed by atoms with Crippen molar-refractivity contribution in [2.24, 2.45) is 5.73 Å². The summed E-state index contributed by atoms with van der Waals surface area (Å²) in [6.07, 6.45) is 0.470. The molecule has 0 spiro atoms. The van der Waals surface area contributed by atoms with Gasteiger partial charge < -0.3 is 21.0 Å². The smallest absolute Gasteiger partial charge is 0.272 e. The topological polar surface area (TPSA) is 117 Å². The molecule has 2 amide bonds. The molecular formula is C22H19F2N5O2. The van der Waals surface area contributed by atoms with Crippen molar-refractivity contribution in [2.45, 2.75) is 20.3 Å². The first kappa shape index (κ1) is 20.3. The minimum atomic E-state index is -0.964. The molecule has 0 atom stereocenters. The highest BCUT2D eigenvalue weighted by Crippen LogP contribution is 2.25. The van der Waals surface area contributed by atoms with Crippen molar-refractivity contribution >= 4 is 28.5 Å². The number of carbonyl (C=O) groups excluding carboxylic acids is 2. The highest BCUT2D eigenvalue weighted by Gasteiger charge is 2.22. The number of halogens is 2. The summed E-state index contributed by atoms with van der Waals surface area (Å²) in [6, 6.07) is 8.88. The molecule has 2 aromatic heterocycles. The van der Waals surface area contributed by atoms with Crippen molar-refractivity contribution in [2.75, 3.05) is 5.32 Å². The number of carbonyl (C=O) groups is 2. The minimum absolute atomic E-state index is 0.291. The Kier molecular flexibility index (Phi) is 5.02. The Hall–Kier alpha value is -4.01. The zero-order valence-electron chi connectivity index (χ0n) is 16.8. The molecule has 2 aromatic carbocycles. The fourth-order valence-electron chi connectivity index (χ4n) is 3.60. The van der Waals surface area contributed by atoms with Gasteiger partial charge in [0.2, 0.25) is 0 Å². The number of nitrogens with one attached hydrogen (secondary N) is 3. The minimum Gasteiger partial charge on any atom is -0.366 e. The molecule has 0 unspecified atom stereocenters. The zero-order chi connectivity index (χ0) is 22.3. The molecule has 0 radical (unpaired) electrons. The number of aromatic amines is 2. The number of nitrogens with two attached hydrogens (primary N) is 1. The van der Waals surface area contributed by atoms with E-state index in [-0.39, 0.29) is 0 Å². The SMILES string of the molecule is CCc1c(C(=O)Nc2ccc(-c3nc4cc(F)c(F)cc4[nH]3)cc2)[nH]c(C)c1C(N)=O. The van der Waals surface area contributed by atoms with Crippen LogP contribution in [-0.2, 0) is 6.42 Å². The van der Waals surface area contributed by atoms with Crippen molar-refractivity contribution in [3.05, 3.63) is 70.5 Å². The van der Waals surface area contributed by atoms with Crippen LogP contribution in [0.15, 0.2) is 36.4 Å². The number of hydrogen-bond donors (Lipinski definition) is 4. The Morgan fingerprint density at radius 2 is 1.77 bits per heavy atom. The molecule has 7 nitrogen and oxygen atoms in total. The fourth-order valence-corrected chi connectivity index (χ4v) is 3.60. The molecule has 0 aliphatic rings. The highest BCUT2D eigenvalue weighted by atomic mass is 19.2. The van der Waals surface area contributed by atoms with Gasteiger partial charge in [0.25, 0.3) is 11.8 Å². The van der Waals surface area contributed by atoms with E-state index in [0.717, 1.165) is 12.1 Å². The number of primary amides is 1. The summed E-state index contributed by atoms with van der Waals surface area (Å²) in [7, 11) is 0. The number of nitrogens with zero attached hydrogens (tertiary/aromatic N) is 1. The Morgan fingerprint density at radius 1 is 1.10 bits per heavy atom. The van der Waals surface area contributed by atoms with E-state index < -0.39 is 23.4 Å². The molecule has 0 saturated carbocycles. The number of imidazole rings is 1. The third kappa shape index (κ3) is 3.65. The van der Waals surface area contributed by atoms with E-state index >= 15 is 0 Å². The van der Waals surface area contributed by atoms with Gasteiger partial charge in [-0.3, -0.25) is 9.59 Å². The van der Waals surface area contributed by atoms with Crippen LogP contribution in [-0.4, -0.2) is 26.8 Å². The molecule has 0 bridgehead atoms. The van der Waals surface area contributed by atoms with Gasteiger partial charge >= 0.3 is 0 Å². The second-order valence-corrected chi connectivity index (χ2v) is 7.10. The van der Waals surface area contributed by atoms with Gasteiger partial charge in [-0.2, -0.15) is 0 Å². The Balaban J connectivity index is 1.57. The monoisotopic (exact) mass is 423 g/mol. The lowest BCUT2D eigenvalue weighted by atomic mass is 10.1. The number of rotatable bonds is 5. The second-order valence-electron chi connectivity index (χ2n) is 7.10. The number of hydrogen-bond acceptors (Lipinski definition) is 3. The number of H-pyrrole nitrogens is 2. The van der Waals surface area contributed by atoms with E-state index in [9.17, 15) is 18.4 Å². The van der Waals surface area contributed by atoms with Crippen molar-refractivity contribution in [3.8, 4) is 11.4 Å². The first-order valence-electron chi connectivity index (χ1n) is 9.56. The standard InChI is InChI=1S/C22H19F2N5O2/c1-3-13-18(20(25)30)10(2)26-19(13)22(31)27-12-6-4-11(5-7-12)21-28-16-8-14(23)15(24)9-17(16)29-21/h4-9,26H,3H2,1-2H3,(H2,25,30)(H,27,31)(H,28,29). The van der Waals surface area contributed by atoms with Crippen molar-refractivity contribution in [1.29, 1.82) is 0 Å². The highest BCUT2D eigenvalue weighted by molar-refractivity contribution is 6.07. The summed E-state index contributed by atoms with van der Waals surface area (Å²) in [5.74, 6) is -2.45. The molecule has 4 rings (SSSR count). The zero-order valence-corrected chi connectivity index (χ0v) is 16.8. The normalized spacial score (nSPS) is 11.1. The molecule has 0 saturated heterocycles. The summed E-state index contributed by atoms with van der Waals surface area (Å²) in [4.78, 5) is 34.6. The van der Waals surface area contributed by atoms with Crippen LogP contribution in [0.2, 0.25) is 0 Å². The molecule has 158 valence electrons. The first-order valence-corrected chi connectivity index (χ1v) is 9.56. The predicted octanol–water partition coefficient (Wildman–Crippen LogP) is 4.06. The Morgan fingerprint density at radius 3 is 2.42 bits per heavy atom. The maximum absolute atomic E-state index is 13.4. The van der Waals surface area contributed by atoms with Crippen LogP contribution in [0.3, 0.4) is 0 Å². The van der Waals surface area contributed by atoms with E-state index in [1.165, 1.54) is 0 Å². The summed E-state index contributed by atoms with van der Waals surface area (Å²) in [5.41, 5.74) is 9.06. The number of aryl methyl sites for hydroxylation is 1. The molecule has 4 aromatic rings. The maximum atomic E-state index is 13.4. The van der Waals surface area contributed by atoms with Gasteiger partial charge in [0.1, 0.15) is 11.5 Å². The summed E-state index contributed by atoms with van der Waals surface area (Å²) < 4.78 is 26.8. The quantitative estimate of drug-likeness (QED) is 0.388. The lowest BCUT2D eigenvalue weighted by Gasteiger charge is -2.07. The number of aromatic nitrogens is 3. The lowest BCUT2D eigenvalue weighted by molar-refractivity contribution is 0.0998. The van der Waals surface area contributed by atoms with E-state index in [1.54, 1.807) is 31.2 Å².